The Labute approximate surface area is 112 Å². The highest BCUT2D eigenvalue weighted by Crippen LogP contribution is 2.19. The molecule has 3 N–H and O–H groups in total. The van der Waals surface area contributed by atoms with Crippen molar-refractivity contribution in [1.29, 1.82) is 0 Å². The summed E-state index contributed by atoms with van der Waals surface area (Å²) in [5, 5.41) is 4.17. The number of hydrogen-bond donors (Lipinski definition) is 2. The second-order valence-corrected chi connectivity index (χ2v) is 5.26. The highest BCUT2D eigenvalue weighted by Gasteiger charge is 2.24. The number of rotatable bonds is 5. The van der Waals surface area contributed by atoms with E-state index in [-0.39, 0.29) is 12.4 Å². The third-order valence-corrected chi connectivity index (χ3v) is 3.79. The summed E-state index contributed by atoms with van der Waals surface area (Å²) in [7, 11) is 0. The lowest BCUT2D eigenvalue weighted by Gasteiger charge is -2.22. The van der Waals surface area contributed by atoms with E-state index in [1.165, 1.54) is 17.7 Å². The fourth-order valence-electron chi connectivity index (χ4n) is 2.09. The van der Waals surface area contributed by atoms with Gasteiger partial charge in [0.2, 0.25) is 0 Å². The molecule has 98 valence electrons. The van der Waals surface area contributed by atoms with Crippen LogP contribution >= 0.6 is 23.7 Å². The molecule has 2 heterocycles. The van der Waals surface area contributed by atoms with Crippen molar-refractivity contribution in [2.75, 3.05) is 12.3 Å². The molecule has 2 rings (SSSR count). The molecule has 0 bridgehead atoms. The number of anilines is 1. The van der Waals surface area contributed by atoms with E-state index in [1.54, 1.807) is 11.3 Å². The Morgan fingerprint density at radius 2 is 2.53 bits per heavy atom. The summed E-state index contributed by atoms with van der Waals surface area (Å²) in [6.45, 7) is 3.95. The average molecular weight is 278 g/mol. The van der Waals surface area contributed by atoms with Crippen LogP contribution in [-0.2, 0) is 11.3 Å². The molecule has 0 spiro atoms. The number of aromatic nitrogens is 1. The van der Waals surface area contributed by atoms with Gasteiger partial charge in [0, 0.05) is 30.3 Å². The van der Waals surface area contributed by atoms with Crippen LogP contribution in [0.15, 0.2) is 6.20 Å². The Kier molecular flexibility index (Phi) is 6.19. The molecule has 17 heavy (non-hydrogen) atoms. The van der Waals surface area contributed by atoms with Crippen LogP contribution in [-0.4, -0.2) is 23.7 Å². The van der Waals surface area contributed by atoms with Crippen molar-refractivity contribution in [3.05, 3.63) is 11.1 Å². The van der Waals surface area contributed by atoms with Crippen molar-refractivity contribution < 1.29 is 4.74 Å². The molecule has 2 atom stereocenters. The molecule has 0 aromatic carbocycles. The van der Waals surface area contributed by atoms with Crippen molar-refractivity contribution in [1.82, 2.24) is 10.3 Å². The molecule has 0 saturated carbocycles. The van der Waals surface area contributed by atoms with Crippen LogP contribution in [0, 0.1) is 0 Å². The predicted molar refractivity (Wildman–Crippen MR) is 73.7 cm³/mol. The van der Waals surface area contributed by atoms with E-state index in [4.69, 9.17) is 10.5 Å². The van der Waals surface area contributed by atoms with Gasteiger partial charge in [-0.25, -0.2) is 4.98 Å². The zero-order chi connectivity index (χ0) is 11.4. The van der Waals surface area contributed by atoms with Crippen LogP contribution in [0.3, 0.4) is 0 Å². The lowest BCUT2D eigenvalue weighted by molar-refractivity contribution is 0.0765. The molecule has 0 aliphatic carbocycles. The third kappa shape index (κ3) is 4.10. The second kappa shape index (κ2) is 7.16. The predicted octanol–water partition coefficient (Wildman–Crippen LogP) is 2.19. The zero-order valence-corrected chi connectivity index (χ0v) is 11.6. The highest BCUT2D eigenvalue weighted by molar-refractivity contribution is 7.15. The normalized spacial score (nSPS) is 21.1. The van der Waals surface area contributed by atoms with E-state index in [9.17, 15) is 0 Å². The van der Waals surface area contributed by atoms with E-state index in [1.807, 2.05) is 6.20 Å². The maximum absolute atomic E-state index is 5.70. The number of nitrogens with two attached hydrogens (primary N) is 1. The van der Waals surface area contributed by atoms with Gasteiger partial charge in [-0.1, -0.05) is 6.92 Å². The number of halogens is 1. The largest absolute Gasteiger partial charge is 0.377 e. The van der Waals surface area contributed by atoms with Crippen LogP contribution in [0.1, 0.15) is 31.1 Å². The maximum Gasteiger partial charge on any atom is 0.180 e. The molecule has 4 nitrogen and oxygen atoms in total. The van der Waals surface area contributed by atoms with Gasteiger partial charge in [0.05, 0.1) is 6.10 Å². The van der Waals surface area contributed by atoms with E-state index >= 15 is 0 Å². The molecule has 1 aliphatic rings. The van der Waals surface area contributed by atoms with E-state index in [0.717, 1.165) is 19.6 Å². The van der Waals surface area contributed by atoms with Gasteiger partial charge >= 0.3 is 0 Å². The Bertz CT molecular complexity index is 328. The second-order valence-electron chi connectivity index (χ2n) is 4.11. The van der Waals surface area contributed by atoms with Crippen molar-refractivity contribution in [2.45, 2.75) is 44.9 Å². The van der Waals surface area contributed by atoms with E-state index in [0.29, 0.717) is 17.3 Å². The first-order chi connectivity index (χ1) is 7.79. The highest BCUT2D eigenvalue weighted by atomic mass is 35.5. The summed E-state index contributed by atoms with van der Waals surface area (Å²) in [4.78, 5) is 5.23. The molecule has 1 saturated heterocycles. The summed E-state index contributed by atoms with van der Waals surface area (Å²) < 4.78 is 5.70. The number of nitrogens with one attached hydrogen (secondary N) is 1. The average Bonchev–Trinajstić information content (AvgIpc) is 2.91. The van der Waals surface area contributed by atoms with Crippen molar-refractivity contribution in [3.63, 3.8) is 0 Å². The fraction of sp³-hybridized carbons (Fsp3) is 0.727. The van der Waals surface area contributed by atoms with E-state index in [2.05, 4.69) is 17.2 Å². The summed E-state index contributed by atoms with van der Waals surface area (Å²) in [5.41, 5.74) is 5.59. The Morgan fingerprint density at radius 1 is 1.71 bits per heavy atom. The standard InChI is InChI=1S/C11H19N3OS.ClH/c1-2-9(10-4-3-5-15-10)13-6-8-7-14-11(12)16-8;/h7,9-10,13H,2-6H2,1H3,(H2,12,14);1H. The lowest BCUT2D eigenvalue weighted by Crippen LogP contribution is -2.38. The molecule has 2 unspecified atom stereocenters. The van der Waals surface area contributed by atoms with Crippen LogP contribution in [0.25, 0.3) is 0 Å². The Morgan fingerprint density at radius 3 is 3.06 bits per heavy atom. The summed E-state index contributed by atoms with van der Waals surface area (Å²) in [5.74, 6) is 0. The topological polar surface area (TPSA) is 60.2 Å². The number of thiazole rings is 1. The van der Waals surface area contributed by atoms with Gasteiger partial charge in [0.1, 0.15) is 0 Å². The first-order valence-corrected chi connectivity index (χ1v) is 6.66. The molecular formula is C11H20ClN3OS. The van der Waals surface area contributed by atoms with Crippen LogP contribution in [0.4, 0.5) is 5.13 Å². The summed E-state index contributed by atoms with van der Waals surface area (Å²) in [6, 6.07) is 0.450. The number of ether oxygens (including phenoxy) is 1. The molecule has 1 aromatic rings. The maximum atomic E-state index is 5.70. The molecule has 0 radical (unpaired) electrons. The van der Waals surface area contributed by atoms with Gasteiger partial charge < -0.3 is 15.8 Å². The summed E-state index contributed by atoms with van der Waals surface area (Å²) in [6.07, 6.45) is 5.69. The zero-order valence-electron chi connectivity index (χ0n) is 10.0. The van der Waals surface area contributed by atoms with Crippen LogP contribution in [0.5, 0.6) is 0 Å². The van der Waals surface area contributed by atoms with Crippen molar-refractivity contribution >= 4 is 28.9 Å². The van der Waals surface area contributed by atoms with Gasteiger partial charge in [0.25, 0.3) is 0 Å². The van der Waals surface area contributed by atoms with Crippen molar-refractivity contribution in [3.8, 4) is 0 Å². The minimum atomic E-state index is 0. The van der Waals surface area contributed by atoms with E-state index < -0.39 is 0 Å². The smallest absolute Gasteiger partial charge is 0.180 e. The van der Waals surface area contributed by atoms with Gasteiger partial charge in [-0.15, -0.1) is 23.7 Å². The van der Waals surface area contributed by atoms with Gasteiger partial charge in [0.15, 0.2) is 5.13 Å². The Hall–Kier alpha value is -0.360. The third-order valence-electron chi connectivity index (χ3n) is 2.96. The first kappa shape index (κ1) is 14.7. The van der Waals surface area contributed by atoms with Crippen molar-refractivity contribution in [2.24, 2.45) is 0 Å². The minimum Gasteiger partial charge on any atom is -0.377 e. The SMILES string of the molecule is CCC(NCc1cnc(N)s1)C1CCCO1.Cl. The quantitative estimate of drug-likeness (QED) is 0.866. The molecule has 1 fully saturated rings. The monoisotopic (exact) mass is 277 g/mol. The number of nitrogen functional groups attached to an aromatic ring is 1. The molecular weight excluding hydrogens is 258 g/mol. The number of hydrogen-bond acceptors (Lipinski definition) is 5. The number of nitrogens with zero attached hydrogens (tertiary/aromatic N) is 1. The lowest BCUT2D eigenvalue weighted by atomic mass is 10.1. The van der Waals surface area contributed by atoms with Crippen LogP contribution < -0.4 is 11.1 Å². The van der Waals surface area contributed by atoms with Gasteiger partial charge in [-0.2, -0.15) is 0 Å². The van der Waals surface area contributed by atoms with Crippen LogP contribution in [0.2, 0.25) is 0 Å². The molecule has 1 aliphatic heterocycles. The molecule has 1 aromatic heterocycles. The molecule has 6 heteroatoms. The Balaban J connectivity index is 0.00000144. The fourth-order valence-corrected chi connectivity index (χ4v) is 2.73. The first-order valence-electron chi connectivity index (χ1n) is 5.84. The molecule has 0 amide bonds. The minimum absolute atomic E-state index is 0. The van der Waals surface area contributed by atoms with Gasteiger partial charge in [-0.05, 0) is 19.3 Å². The van der Waals surface area contributed by atoms with Gasteiger partial charge in [-0.3, -0.25) is 0 Å². The summed E-state index contributed by atoms with van der Waals surface area (Å²) >= 11 is 1.55.